The Morgan fingerprint density at radius 1 is 0.600 bits per heavy atom. The molecule has 0 bridgehead atoms. The molecular formula is C29H25N. The van der Waals surface area contributed by atoms with Crippen molar-refractivity contribution < 1.29 is 0 Å². The van der Waals surface area contributed by atoms with Crippen LogP contribution in [0.25, 0.3) is 33.2 Å². The van der Waals surface area contributed by atoms with Gasteiger partial charge in [0.25, 0.3) is 0 Å². The first-order valence-electron chi connectivity index (χ1n) is 10.7. The quantitative estimate of drug-likeness (QED) is 0.332. The van der Waals surface area contributed by atoms with Crippen LogP contribution in [0.1, 0.15) is 49.9 Å². The second-order valence-electron chi connectivity index (χ2n) is 9.69. The third kappa shape index (κ3) is 2.10. The summed E-state index contributed by atoms with van der Waals surface area (Å²) < 4.78 is 0. The second kappa shape index (κ2) is 5.70. The summed E-state index contributed by atoms with van der Waals surface area (Å²) in [4.78, 5) is 4.88. The molecule has 6 rings (SSSR count). The number of benzene rings is 3. The van der Waals surface area contributed by atoms with Crippen molar-refractivity contribution in [3.05, 3.63) is 101 Å². The minimum atomic E-state index is -0.0710. The molecule has 3 aromatic carbocycles. The van der Waals surface area contributed by atoms with E-state index in [1.165, 1.54) is 49.7 Å². The number of allylic oxidation sites excluding steroid dienone is 2. The normalized spacial score (nSPS) is 17.7. The lowest BCUT2D eigenvalue weighted by molar-refractivity contribution is 0.695. The average molecular weight is 388 g/mol. The highest BCUT2D eigenvalue weighted by Crippen LogP contribution is 2.63. The van der Waals surface area contributed by atoms with Gasteiger partial charge in [-0.15, -0.1) is 0 Å². The van der Waals surface area contributed by atoms with E-state index in [4.69, 9.17) is 4.98 Å². The molecule has 30 heavy (non-hydrogen) atoms. The van der Waals surface area contributed by atoms with Gasteiger partial charge in [-0.2, -0.15) is 0 Å². The first-order valence-corrected chi connectivity index (χ1v) is 10.7. The maximum Gasteiger partial charge on any atom is 0.0711 e. The van der Waals surface area contributed by atoms with E-state index < -0.39 is 0 Å². The predicted molar refractivity (Wildman–Crippen MR) is 126 cm³/mol. The lowest BCUT2D eigenvalue weighted by atomic mass is 9.74. The number of rotatable bonds is 1. The number of pyridine rings is 1. The molecule has 0 saturated carbocycles. The lowest BCUT2D eigenvalue weighted by Crippen LogP contribution is -2.20. The van der Waals surface area contributed by atoms with Gasteiger partial charge in [0.15, 0.2) is 0 Å². The average Bonchev–Trinajstić information content (AvgIpc) is 3.15. The fraction of sp³-hybridized carbons (Fsp3) is 0.207. The highest BCUT2D eigenvalue weighted by Gasteiger charge is 2.50. The largest absolute Gasteiger partial charge is 0.256 e. The van der Waals surface area contributed by atoms with Gasteiger partial charge in [-0.1, -0.05) is 94.4 Å². The monoisotopic (exact) mass is 387 g/mol. The Morgan fingerprint density at radius 2 is 1.23 bits per heavy atom. The second-order valence-corrected chi connectivity index (χ2v) is 9.69. The zero-order valence-corrected chi connectivity index (χ0v) is 18.0. The van der Waals surface area contributed by atoms with Crippen molar-refractivity contribution >= 4 is 21.9 Å². The highest BCUT2D eigenvalue weighted by molar-refractivity contribution is 6.10. The van der Waals surface area contributed by atoms with E-state index in [0.29, 0.717) is 0 Å². The SMILES string of the molecule is CC1(C)C2=C(c3ccccc31)C(C)(C)c1c2cccc1-c1cc2ccccc2cn1. The molecule has 1 aromatic heterocycles. The zero-order chi connectivity index (χ0) is 20.7. The summed E-state index contributed by atoms with van der Waals surface area (Å²) in [6.45, 7) is 9.52. The van der Waals surface area contributed by atoms with Gasteiger partial charge in [-0.05, 0) is 44.9 Å². The number of hydrogen-bond acceptors (Lipinski definition) is 1. The van der Waals surface area contributed by atoms with Gasteiger partial charge in [0, 0.05) is 28.0 Å². The third-order valence-corrected chi connectivity index (χ3v) is 7.24. The molecule has 146 valence electrons. The molecule has 2 aliphatic rings. The van der Waals surface area contributed by atoms with Crippen LogP contribution < -0.4 is 0 Å². The highest BCUT2D eigenvalue weighted by atomic mass is 14.7. The van der Waals surface area contributed by atoms with Gasteiger partial charge in [0.2, 0.25) is 0 Å². The standard InChI is InChI=1S/C29H25N/c1-28(2)23-15-8-7-12-20(23)26-27(28)22-14-9-13-21(25(22)29(26,3)4)24-16-18-10-5-6-11-19(18)17-30-24/h5-17H,1-4H3. The van der Waals surface area contributed by atoms with Crippen molar-refractivity contribution in [2.24, 2.45) is 0 Å². The molecular weight excluding hydrogens is 362 g/mol. The van der Waals surface area contributed by atoms with E-state index in [1.54, 1.807) is 0 Å². The van der Waals surface area contributed by atoms with E-state index in [2.05, 4.69) is 100 Å². The molecule has 0 N–H and O–H groups in total. The minimum Gasteiger partial charge on any atom is -0.256 e. The summed E-state index contributed by atoms with van der Waals surface area (Å²) in [5.74, 6) is 0. The van der Waals surface area contributed by atoms with Gasteiger partial charge < -0.3 is 0 Å². The molecule has 0 amide bonds. The maximum absolute atomic E-state index is 4.88. The molecule has 2 aliphatic carbocycles. The number of fused-ring (bicyclic) bond motifs is 5. The van der Waals surface area contributed by atoms with Crippen LogP contribution in [0.15, 0.2) is 79.0 Å². The Bertz CT molecular complexity index is 1380. The summed E-state index contributed by atoms with van der Waals surface area (Å²) in [6, 6.07) is 26.4. The molecule has 1 nitrogen and oxygen atoms in total. The fourth-order valence-corrected chi connectivity index (χ4v) is 5.95. The van der Waals surface area contributed by atoms with Crippen molar-refractivity contribution in [3.8, 4) is 11.3 Å². The maximum atomic E-state index is 4.88. The van der Waals surface area contributed by atoms with Crippen molar-refractivity contribution in [2.75, 3.05) is 0 Å². The number of hydrogen-bond donors (Lipinski definition) is 0. The summed E-state index contributed by atoms with van der Waals surface area (Å²) in [5, 5.41) is 2.42. The third-order valence-electron chi connectivity index (χ3n) is 7.24. The van der Waals surface area contributed by atoms with Crippen molar-refractivity contribution in [3.63, 3.8) is 0 Å². The van der Waals surface area contributed by atoms with Crippen molar-refractivity contribution in [2.45, 2.75) is 38.5 Å². The van der Waals surface area contributed by atoms with E-state index in [-0.39, 0.29) is 10.8 Å². The van der Waals surface area contributed by atoms with Crippen LogP contribution in [0, 0.1) is 0 Å². The summed E-state index contributed by atoms with van der Waals surface area (Å²) in [6.07, 6.45) is 2.01. The van der Waals surface area contributed by atoms with Gasteiger partial charge in [-0.25, -0.2) is 0 Å². The van der Waals surface area contributed by atoms with Crippen LogP contribution in [0.3, 0.4) is 0 Å². The predicted octanol–water partition coefficient (Wildman–Crippen LogP) is 7.40. The molecule has 1 heterocycles. The molecule has 0 unspecified atom stereocenters. The fourth-order valence-electron chi connectivity index (χ4n) is 5.95. The van der Waals surface area contributed by atoms with Gasteiger partial charge in [0.1, 0.15) is 0 Å². The Balaban J connectivity index is 1.63. The van der Waals surface area contributed by atoms with Crippen LogP contribution in [0.2, 0.25) is 0 Å². The van der Waals surface area contributed by atoms with Crippen molar-refractivity contribution in [1.82, 2.24) is 4.98 Å². The van der Waals surface area contributed by atoms with E-state index >= 15 is 0 Å². The Kier molecular flexibility index (Phi) is 3.35. The van der Waals surface area contributed by atoms with E-state index in [9.17, 15) is 0 Å². The molecule has 0 atom stereocenters. The Labute approximate surface area is 178 Å². The molecule has 0 fully saturated rings. The topological polar surface area (TPSA) is 12.9 Å². The summed E-state index contributed by atoms with van der Waals surface area (Å²) >= 11 is 0. The Morgan fingerprint density at radius 3 is 2.07 bits per heavy atom. The van der Waals surface area contributed by atoms with Crippen LogP contribution in [-0.2, 0) is 10.8 Å². The molecule has 1 heteroatoms. The Hall–Kier alpha value is -3.19. The lowest BCUT2D eigenvalue weighted by Gasteiger charge is -2.29. The van der Waals surface area contributed by atoms with E-state index in [1.807, 2.05) is 6.20 Å². The smallest absolute Gasteiger partial charge is 0.0711 e. The van der Waals surface area contributed by atoms with Crippen LogP contribution in [-0.4, -0.2) is 4.98 Å². The number of nitrogens with zero attached hydrogens (tertiary/aromatic N) is 1. The zero-order valence-electron chi connectivity index (χ0n) is 18.0. The molecule has 0 aliphatic heterocycles. The molecule has 0 saturated heterocycles. The van der Waals surface area contributed by atoms with Crippen LogP contribution in [0.5, 0.6) is 0 Å². The first-order chi connectivity index (χ1) is 14.4. The molecule has 0 spiro atoms. The van der Waals surface area contributed by atoms with E-state index in [0.717, 1.165) is 5.69 Å². The van der Waals surface area contributed by atoms with Gasteiger partial charge in [0.05, 0.1) is 5.69 Å². The van der Waals surface area contributed by atoms with Gasteiger partial charge in [-0.3, -0.25) is 4.98 Å². The van der Waals surface area contributed by atoms with Crippen LogP contribution >= 0.6 is 0 Å². The summed E-state index contributed by atoms with van der Waals surface area (Å²) in [5.41, 5.74) is 10.9. The first kappa shape index (κ1) is 17.7. The van der Waals surface area contributed by atoms with Crippen LogP contribution in [0.4, 0.5) is 0 Å². The molecule has 0 radical (unpaired) electrons. The van der Waals surface area contributed by atoms with Gasteiger partial charge >= 0.3 is 0 Å². The molecule has 4 aromatic rings. The minimum absolute atomic E-state index is 0.00385. The number of aromatic nitrogens is 1. The van der Waals surface area contributed by atoms with Crippen molar-refractivity contribution in [1.29, 1.82) is 0 Å². The summed E-state index contributed by atoms with van der Waals surface area (Å²) in [7, 11) is 0.